The number of alkyl halides is 1. The summed E-state index contributed by atoms with van der Waals surface area (Å²) in [6, 6.07) is 12.8. The number of rotatable bonds is 7. The van der Waals surface area contributed by atoms with Crippen LogP contribution in [0.4, 0.5) is 4.39 Å². The van der Waals surface area contributed by atoms with Crippen LogP contribution >= 0.6 is 15.9 Å². The van der Waals surface area contributed by atoms with E-state index in [4.69, 9.17) is 4.74 Å². The van der Waals surface area contributed by atoms with E-state index in [0.717, 1.165) is 22.0 Å². The quantitative estimate of drug-likeness (QED) is 0.443. The third kappa shape index (κ3) is 4.42. The Labute approximate surface area is 170 Å². The fraction of sp³-hybridized carbons (Fsp3) is 0.238. The summed E-state index contributed by atoms with van der Waals surface area (Å²) in [7, 11) is 1.30. The van der Waals surface area contributed by atoms with Crippen molar-refractivity contribution in [3.8, 4) is 0 Å². The maximum Gasteiger partial charge on any atom is 0.328 e. The highest BCUT2D eigenvalue weighted by Crippen LogP contribution is 2.22. The SMILES string of the molecule is COC(=O)[C@@H](Cc1c[nH]c2ccccc12)N(Cc1ccc(F)cc1)C(=O)CBr. The molecule has 0 bridgehead atoms. The summed E-state index contributed by atoms with van der Waals surface area (Å²) in [5.41, 5.74) is 2.60. The van der Waals surface area contributed by atoms with E-state index in [1.807, 2.05) is 30.5 Å². The summed E-state index contributed by atoms with van der Waals surface area (Å²) in [6.45, 7) is 0.173. The Morgan fingerprint density at radius 3 is 2.57 bits per heavy atom. The predicted octanol–water partition coefficient (Wildman–Crippen LogP) is 3.81. The lowest BCUT2D eigenvalue weighted by Gasteiger charge is -2.29. The molecular weight excluding hydrogens is 427 g/mol. The summed E-state index contributed by atoms with van der Waals surface area (Å²) in [4.78, 5) is 29.9. The number of hydrogen-bond acceptors (Lipinski definition) is 3. The molecule has 7 heteroatoms. The monoisotopic (exact) mass is 446 g/mol. The number of nitrogens with zero attached hydrogens (tertiary/aromatic N) is 1. The van der Waals surface area contributed by atoms with Crippen molar-refractivity contribution in [3.63, 3.8) is 0 Å². The normalized spacial score (nSPS) is 12.0. The molecule has 3 rings (SSSR count). The first-order valence-electron chi connectivity index (χ1n) is 8.76. The number of carbonyl (C=O) groups is 2. The molecule has 1 atom stereocenters. The highest BCUT2D eigenvalue weighted by atomic mass is 79.9. The van der Waals surface area contributed by atoms with E-state index in [2.05, 4.69) is 20.9 Å². The standard InChI is InChI=1S/C21H20BrFN2O3/c1-28-21(27)19(10-15-12-24-18-5-3-2-4-17(15)18)25(20(26)11-22)13-14-6-8-16(23)9-7-14/h2-9,12,19,24H,10-11,13H2,1H3/t19-/m1/s1. The second-order valence-corrected chi connectivity index (χ2v) is 6.95. The van der Waals surface area contributed by atoms with Crippen LogP contribution in [-0.2, 0) is 27.3 Å². The third-order valence-corrected chi connectivity index (χ3v) is 5.12. The van der Waals surface area contributed by atoms with Crippen LogP contribution in [-0.4, -0.2) is 40.2 Å². The second-order valence-electron chi connectivity index (χ2n) is 6.38. The van der Waals surface area contributed by atoms with Crippen molar-refractivity contribution < 1.29 is 18.7 Å². The number of ether oxygens (including phenoxy) is 1. The van der Waals surface area contributed by atoms with E-state index in [9.17, 15) is 14.0 Å². The molecule has 0 unspecified atom stereocenters. The van der Waals surface area contributed by atoms with Gasteiger partial charge in [0, 0.05) is 30.1 Å². The fourth-order valence-electron chi connectivity index (χ4n) is 3.20. The minimum atomic E-state index is -0.806. The fourth-order valence-corrected chi connectivity index (χ4v) is 3.52. The van der Waals surface area contributed by atoms with Gasteiger partial charge in [0.1, 0.15) is 11.9 Å². The van der Waals surface area contributed by atoms with E-state index >= 15 is 0 Å². The molecule has 1 heterocycles. The van der Waals surface area contributed by atoms with Gasteiger partial charge in [0.2, 0.25) is 5.91 Å². The van der Waals surface area contributed by atoms with Crippen molar-refractivity contribution in [2.24, 2.45) is 0 Å². The number of H-pyrrole nitrogens is 1. The first-order chi connectivity index (χ1) is 13.5. The topological polar surface area (TPSA) is 62.4 Å². The molecule has 2 aromatic carbocycles. The van der Waals surface area contributed by atoms with Crippen molar-refractivity contribution in [2.75, 3.05) is 12.4 Å². The zero-order valence-corrected chi connectivity index (χ0v) is 16.9. The molecule has 0 saturated heterocycles. The predicted molar refractivity (Wildman–Crippen MR) is 109 cm³/mol. The Balaban J connectivity index is 1.94. The summed E-state index contributed by atoms with van der Waals surface area (Å²) in [5, 5.41) is 1.06. The van der Waals surface area contributed by atoms with Gasteiger partial charge in [0.15, 0.2) is 0 Å². The molecule has 1 aromatic heterocycles. The first kappa shape index (κ1) is 20.1. The largest absolute Gasteiger partial charge is 0.467 e. The molecule has 0 fully saturated rings. The van der Waals surface area contributed by atoms with Gasteiger partial charge in [-0.2, -0.15) is 0 Å². The summed E-state index contributed by atoms with van der Waals surface area (Å²) in [6.07, 6.45) is 2.14. The van der Waals surface area contributed by atoms with E-state index in [0.29, 0.717) is 6.42 Å². The Morgan fingerprint density at radius 2 is 1.89 bits per heavy atom. The van der Waals surface area contributed by atoms with Crippen molar-refractivity contribution >= 4 is 38.7 Å². The number of benzene rings is 2. The lowest BCUT2D eigenvalue weighted by atomic mass is 10.0. The molecule has 1 N–H and O–H groups in total. The van der Waals surface area contributed by atoms with Gasteiger partial charge in [-0.25, -0.2) is 9.18 Å². The lowest BCUT2D eigenvalue weighted by Crippen LogP contribution is -2.47. The third-order valence-electron chi connectivity index (χ3n) is 4.64. The maximum absolute atomic E-state index is 13.2. The van der Waals surface area contributed by atoms with E-state index in [1.54, 1.807) is 12.1 Å². The number of esters is 1. The van der Waals surface area contributed by atoms with Crippen LogP contribution in [0.3, 0.4) is 0 Å². The van der Waals surface area contributed by atoms with E-state index in [-0.39, 0.29) is 23.6 Å². The molecule has 0 aliphatic carbocycles. The maximum atomic E-state index is 13.2. The first-order valence-corrected chi connectivity index (χ1v) is 9.88. The van der Waals surface area contributed by atoms with Gasteiger partial charge in [0.05, 0.1) is 12.4 Å². The molecule has 146 valence electrons. The van der Waals surface area contributed by atoms with Gasteiger partial charge in [-0.15, -0.1) is 0 Å². The van der Waals surface area contributed by atoms with Crippen molar-refractivity contribution in [1.82, 2.24) is 9.88 Å². The smallest absolute Gasteiger partial charge is 0.328 e. The molecule has 0 saturated carbocycles. The molecule has 1 amide bonds. The molecule has 0 aliphatic heterocycles. The van der Waals surface area contributed by atoms with Crippen LogP contribution in [0.5, 0.6) is 0 Å². The van der Waals surface area contributed by atoms with Gasteiger partial charge in [-0.3, -0.25) is 4.79 Å². The van der Waals surface area contributed by atoms with Crippen LogP contribution in [0.15, 0.2) is 54.7 Å². The van der Waals surface area contributed by atoms with Crippen LogP contribution in [0, 0.1) is 5.82 Å². The molecule has 0 radical (unpaired) electrons. The molecule has 0 spiro atoms. The molecule has 28 heavy (non-hydrogen) atoms. The van der Waals surface area contributed by atoms with Crippen molar-refractivity contribution in [2.45, 2.75) is 19.0 Å². The zero-order chi connectivity index (χ0) is 20.1. The van der Waals surface area contributed by atoms with Gasteiger partial charge >= 0.3 is 5.97 Å². The highest BCUT2D eigenvalue weighted by Gasteiger charge is 2.31. The van der Waals surface area contributed by atoms with Gasteiger partial charge < -0.3 is 14.6 Å². The van der Waals surface area contributed by atoms with Crippen molar-refractivity contribution in [1.29, 1.82) is 0 Å². The Kier molecular flexibility index (Phi) is 6.46. The van der Waals surface area contributed by atoms with Gasteiger partial charge in [0.25, 0.3) is 0 Å². The average Bonchev–Trinajstić information content (AvgIpc) is 3.13. The second kappa shape index (κ2) is 9.01. The number of para-hydroxylation sites is 1. The Bertz CT molecular complexity index is 971. The molecule has 0 aliphatic rings. The Hall–Kier alpha value is -2.67. The number of carbonyl (C=O) groups excluding carboxylic acids is 2. The zero-order valence-electron chi connectivity index (χ0n) is 15.3. The van der Waals surface area contributed by atoms with Crippen LogP contribution in [0.25, 0.3) is 10.9 Å². The van der Waals surface area contributed by atoms with Gasteiger partial charge in [-0.05, 0) is 29.3 Å². The number of fused-ring (bicyclic) bond motifs is 1. The average molecular weight is 447 g/mol. The number of aromatic amines is 1. The van der Waals surface area contributed by atoms with E-state index < -0.39 is 12.0 Å². The number of amides is 1. The number of halogens is 2. The van der Waals surface area contributed by atoms with Crippen molar-refractivity contribution in [3.05, 3.63) is 71.7 Å². The number of nitrogens with one attached hydrogen (secondary N) is 1. The summed E-state index contributed by atoms with van der Waals surface area (Å²) >= 11 is 3.19. The summed E-state index contributed by atoms with van der Waals surface area (Å²) in [5.74, 6) is -1.10. The number of methoxy groups -OCH3 is 1. The summed E-state index contributed by atoms with van der Waals surface area (Å²) < 4.78 is 18.2. The number of hydrogen-bond donors (Lipinski definition) is 1. The highest BCUT2D eigenvalue weighted by molar-refractivity contribution is 9.09. The number of aromatic nitrogens is 1. The van der Waals surface area contributed by atoms with Crippen LogP contribution < -0.4 is 0 Å². The van der Waals surface area contributed by atoms with E-state index in [1.165, 1.54) is 24.1 Å². The molecular formula is C21H20BrFN2O3. The molecule has 5 nitrogen and oxygen atoms in total. The van der Waals surface area contributed by atoms with Crippen LogP contribution in [0.1, 0.15) is 11.1 Å². The van der Waals surface area contributed by atoms with Crippen LogP contribution in [0.2, 0.25) is 0 Å². The van der Waals surface area contributed by atoms with Gasteiger partial charge in [-0.1, -0.05) is 46.3 Å². The minimum Gasteiger partial charge on any atom is -0.467 e. The molecule has 3 aromatic rings. The Morgan fingerprint density at radius 1 is 1.18 bits per heavy atom. The lowest BCUT2D eigenvalue weighted by molar-refractivity contribution is -0.152. The minimum absolute atomic E-state index is 0.0651.